The Bertz CT molecular complexity index is 92.0. The lowest BCUT2D eigenvalue weighted by Crippen LogP contribution is -2.21. The molecule has 0 heterocycles. The van der Waals surface area contributed by atoms with E-state index in [0.29, 0.717) is 0 Å². The van der Waals surface area contributed by atoms with Crippen LogP contribution in [0.3, 0.4) is 0 Å². The van der Waals surface area contributed by atoms with E-state index in [1.54, 1.807) is 0 Å². The largest absolute Gasteiger partial charge is 0.480 e. The Morgan fingerprint density at radius 1 is 1.62 bits per heavy atom. The number of hydrogen-bond acceptors (Lipinski definition) is 1. The van der Waals surface area contributed by atoms with Crippen molar-refractivity contribution in [3.63, 3.8) is 0 Å². The summed E-state index contributed by atoms with van der Waals surface area (Å²) < 4.78 is 0. The molecule has 0 saturated carbocycles. The summed E-state index contributed by atoms with van der Waals surface area (Å²) in [5.74, 6) is -1.07. The van der Waals surface area contributed by atoms with Gasteiger partial charge >= 0.3 is 5.97 Å². The molecule has 8 heavy (non-hydrogen) atoms. The van der Waals surface area contributed by atoms with Gasteiger partial charge in [-0.2, -0.15) is 0 Å². The van der Waals surface area contributed by atoms with Gasteiger partial charge < -0.3 is 5.11 Å². The molecule has 0 rings (SSSR count). The molecule has 48 valence electrons. The molecule has 4 heteroatoms. The third-order valence-electron chi connectivity index (χ3n) is 0.639. The highest BCUT2D eigenvalue weighted by Gasteiger charge is 2.18. The fourth-order valence-corrected chi connectivity index (χ4v) is 0.304. The summed E-state index contributed by atoms with van der Waals surface area (Å²) in [4.78, 5) is 9.92. The van der Waals surface area contributed by atoms with Crippen molar-refractivity contribution < 1.29 is 9.90 Å². The Labute approximate surface area is 57.4 Å². The molecule has 0 radical (unpaired) electrons. The minimum atomic E-state index is -1.07. The first-order chi connectivity index (χ1) is 3.55. The van der Waals surface area contributed by atoms with Crippen molar-refractivity contribution in [1.82, 2.24) is 0 Å². The van der Waals surface area contributed by atoms with Crippen LogP contribution in [0.15, 0.2) is 0 Å². The van der Waals surface area contributed by atoms with E-state index in [0.717, 1.165) is 0 Å². The maximum absolute atomic E-state index is 9.92. The summed E-state index contributed by atoms with van der Waals surface area (Å²) in [6, 6.07) is 0. The lowest BCUT2D eigenvalue weighted by atomic mass is 10.3. The molecule has 0 amide bonds. The first kappa shape index (κ1) is 8.05. The normalized spacial score (nSPS) is 17.4. The highest BCUT2D eigenvalue weighted by molar-refractivity contribution is 6.36. The third kappa shape index (κ3) is 2.38. The zero-order valence-electron chi connectivity index (χ0n) is 4.27. The molecule has 1 N–H and O–H groups in total. The van der Waals surface area contributed by atoms with Gasteiger partial charge in [0.05, 0.1) is 5.38 Å². The van der Waals surface area contributed by atoms with Crippen molar-refractivity contribution in [3.05, 3.63) is 0 Å². The highest BCUT2D eigenvalue weighted by Crippen LogP contribution is 2.08. The monoisotopic (exact) mass is 156 g/mol. The highest BCUT2D eigenvalue weighted by atomic mass is 35.5. The number of aliphatic carboxylic acids is 1. The van der Waals surface area contributed by atoms with Crippen molar-refractivity contribution in [2.45, 2.75) is 17.7 Å². The lowest BCUT2D eigenvalue weighted by Gasteiger charge is -2.03. The second-order valence-corrected chi connectivity index (χ2v) is 2.58. The lowest BCUT2D eigenvalue weighted by molar-refractivity contribution is -0.136. The average Bonchev–Trinajstić information content (AvgIpc) is 1.64. The smallest absolute Gasteiger partial charge is 0.323 e. The third-order valence-corrected chi connectivity index (χ3v) is 1.58. The Kier molecular flexibility index (Phi) is 3.17. The topological polar surface area (TPSA) is 37.3 Å². The van der Waals surface area contributed by atoms with E-state index in [9.17, 15) is 4.79 Å². The van der Waals surface area contributed by atoms with E-state index in [-0.39, 0.29) is 0 Å². The summed E-state index contributed by atoms with van der Waals surface area (Å²) in [6.45, 7) is 1.54. The standard InChI is InChI=1S/C4H6Cl2O2/c1-2(5)3(6)4(7)8/h2-3H,1H3,(H,7,8)/t2-,3+/m1/s1. The van der Waals surface area contributed by atoms with E-state index >= 15 is 0 Å². The van der Waals surface area contributed by atoms with Crippen LogP contribution in [0.25, 0.3) is 0 Å². The van der Waals surface area contributed by atoms with E-state index < -0.39 is 16.7 Å². The SMILES string of the molecule is C[C@@H](Cl)[C@H](Cl)C(=O)O. The van der Waals surface area contributed by atoms with Gasteiger partial charge in [0.25, 0.3) is 0 Å². The zero-order valence-corrected chi connectivity index (χ0v) is 5.78. The minimum Gasteiger partial charge on any atom is -0.480 e. The number of alkyl halides is 2. The fraction of sp³-hybridized carbons (Fsp3) is 0.750. The van der Waals surface area contributed by atoms with Crippen LogP contribution in [0, 0.1) is 0 Å². The van der Waals surface area contributed by atoms with Gasteiger partial charge in [0.2, 0.25) is 0 Å². The Balaban J connectivity index is 3.64. The summed E-state index contributed by atoms with van der Waals surface area (Å²) in [6.07, 6.45) is 0. The summed E-state index contributed by atoms with van der Waals surface area (Å²) in [5.41, 5.74) is 0. The second-order valence-electron chi connectivity index (χ2n) is 1.42. The summed E-state index contributed by atoms with van der Waals surface area (Å²) >= 11 is 10.5. The predicted octanol–water partition coefficient (Wildman–Crippen LogP) is 1.31. The van der Waals surface area contributed by atoms with Gasteiger partial charge in [-0.3, -0.25) is 4.79 Å². The van der Waals surface area contributed by atoms with Crippen LogP contribution in [-0.4, -0.2) is 21.8 Å². The van der Waals surface area contributed by atoms with E-state index in [1.807, 2.05) is 0 Å². The number of halogens is 2. The van der Waals surface area contributed by atoms with Crippen molar-refractivity contribution in [2.75, 3.05) is 0 Å². The first-order valence-corrected chi connectivity index (χ1v) is 2.94. The first-order valence-electron chi connectivity index (χ1n) is 2.06. The van der Waals surface area contributed by atoms with Crippen LogP contribution in [0.1, 0.15) is 6.92 Å². The van der Waals surface area contributed by atoms with Gasteiger partial charge in [-0.25, -0.2) is 0 Å². The molecule has 0 fully saturated rings. The van der Waals surface area contributed by atoms with E-state index in [4.69, 9.17) is 28.3 Å². The maximum atomic E-state index is 9.92. The number of carboxylic acid groups (broad SMARTS) is 1. The summed E-state index contributed by atoms with van der Waals surface area (Å²) in [7, 11) is 0. The molecule has 0 unspecified atom stereocenters. The number of rotatable bonds is 2. The van der Waals surface area contributed by atoms with Crippen molar-refractivity contribution in [1.29, 1.82) is 0 Å². The molecule has 0 aromatic rings. The van der Waals surface area contributed by atoms with Gasteiger partial charge in [0, 0.05) is 0 Å². The van der Waals surface area contributed by atoms with Crippen LogP contribution in [-0.2, 0) is 4.79 Å². The number of carbonyl (C=O) groups is 1. The molecule has 0 saturated heterocycles. The van der Waals surface area contributed by atoms with Gasteiger partial charge in [0.15, 0.2) is 0 Å². The number of hydrogen-bond donors (Lipinski definition) is 1. The molecule has 2 atom stereocenters. The average molecular weight is 157 g/mol. The van der Waals surface area contributed by atoms with E-state index in [1.165, 1.54) is 6.92 Å². The molecular formula is C4H6Cl2O2. The molecule has 0 aliphatic heterocycles. The van der Waals surface area contributed by atoms with Gasteiger partial charge in [-0.15, -0.1) is 23.2 Å². The molecule has 2 nitrogen and oxygen atoms in total. The van der Waals surface area contributed by atoms with E-state index in [2.05, 4.69) is 0 Å². The second kappa shape index (κ2) is 3.15. The maximum Gasteiger partial charge on any atom is 0.323 e. The molecule has 0 aromatic carbocycles. The Morgan fingerprint density at radius 3 is 2.00 bits per heavy atom. The predicted molar refractivity (Wildman–Crippen MR) is 32.6 cm³/mol. The number of carboxylic acids is 1. The van der Waals surface area contributed by atoms with Gasteiger partial charge in [-0.05, 0) is 6.92 Å². The molecule has 0 bridgehead atoms. The Hall–Kier alpha value is 0.0500. The minimum absolute atomic E-state index is 0.519. The van der Waals surface area contributed by atoms with Crippen LogP contribution in [0.4, 0.5) is 0 Å². The van der Waals surface area contributed by atoms with Crippen molar-refractivity contribution in [3.8, 4) is 0 Å². The molecule has 0 spiro atoms. The molecule has 0 aliphatic carbocycles. The zero-order chi connectivity index (χ0) is 6.73. The van der Waals surface area contributed by atoms with Crippen molar-refractivity contribution in [2.24, 2.45) is 0 Å². The molecule has 0 aliphatic rings. The fourth-order valence-electron chi connectivity index (χ4n) is 0.196. The van der Waals surface area contributed by atoms with Gasteiger partial charge in [-0.1, -0.05) is 0 Å². The van der Waals surface area contributed by atoms with Crippen LogP contribution >= 0.6 is 23.2 Å². The van der Waals surface area contributed by atoms with Gasteiger partial charge in [0.1, 0.15) is 5.38 Å². The van der Waals surface area contributed by atoms with Crippen LogP contribution in [0.2, 0.25) is 0 Å². The molecular weight excluding hydrogens is 151 g/mol. The Morgan fingerprint density at radius 2 is 2.00 bits per heavy atom. The van der Waals surface area contributed by atoms with Crippen LogP contribution < -0.4 is 0 Å². The van der Waals surface area contributed by atoms with Crippen molar-refractivity contribution >= 4 is 29.2 Å². The summed E-state index contributed by atoms with van der Waals surface area (Å²) in [5, 5.41) is 6.64. The van der Waals surface area contributed by atoms with Crippen LogP contribution in [0.5, 0.6) is 0 Å². The molecule has 0 aromatic heterocycles. The quantitative estimate of drug-likeness (QED) is 0.613.